The minimum atomic E-state index is -0.554. The Hall–Kier alpha value is -2.16. The lowest BCUT2D eigenvalue weighted by Gasteiger charge is -2.24. The fourth-order valence-corrected chi connectivity index (χ4v) is 2.75. The molecular weight excluding hydrogens is 314 g/mol. The van der Waals surface area contributed by atoms with Crippen LogP contribution in [0.15, 0.2) is 4.79 Å². The van der Waals surface area contributed by atoms with Gasteiger partial charge in [-0.3, -0.25) is 14.2 Å². The molecule has 0 saturated carbocycles. The molecular formula is C15H25N5O4. The monoisotopic (exact) mass is 339 g/mol. The zero-order valence-corrected chi connectivity index (χ0v) is 14.4. The number of carbonyl (C=O) groups is 2. The highest BCUT2D eigenvalue weighted by molar-refractivity contribution is 5.88. The van der Waals surface area contributed by atoms with Gasteiger partial charge in [0.2, 0.25) is 11.8 Å². The van der Waals surface area contributed by atoms with Crippen molar-refractivity contribution in [2.75, 3.05) is 19.8 Å². The smallest absolute Gasteiger partial charge is 0.345 e. The Labute approximate surface area is 140 Å². The summed E-state index contributed by atoms with van der Waals surface area (Å²) in [6.45, 7) is 3.05. The molecule has 2 amide bonds. The van der Waals surface area contributed by atoms with Gasteiger partial charge in [-0.15, -0.1) is 0 Å². The van der Waals surface area contributed by atoms with Crippen molar-refractivity contribution in [2.45, 2.75) is 38.8 Å². The van der Waals surface area contributed by atoms with Crippen LogP contribution in [0, 0.1) is 0 Å². The van der Waals surface area contributed by atoms with Gasteiger partial charge in [0.15, 0.2) is 5.82 Å². The third-order valence-corrected chi connectivity index (χ3v) is 4.10. The van der Waals surface area contributed by atoms with E-state index < -0.39 is 6.04 Å². The van der Waals surface area contributed by atoms with E-state index in [1.165, 1.54) is 9.25 Å². The molecule has 2 rings (SSSR count). The Kier molecular flexibility index (Phi) is 6.13. The summed E-state index contributed by atoms with van der Waals surface area (Å²) in [7, 11) is 3.21. The molecule has 1 aliphatic heterocycles. The van der Waals surface area contributed by atoms with Gasteiger partial charge in [-0.1, -0.05) is 0 Å². The minimum Gasteiger partial charge on any atom is -0.372 e. The van der Waals surface area contributed by atoms with E-state index in [9.17, 15) is 14.4 Å². The molecule has 0 spiro atoms. The summed E-state index contributed by atoms with van der Waals surface area (Å²) in [4.78, 5) is 38.0. The van der Waals surface area contributed by atoms with Gasteiger partial charge in [0, 0.05) is 27.2 Å². The second-order valence-electron chi connectivity index (χ2n) is 5.89. The van der Waals surface area contributed by atoms with Crippen molar-refractivity contribution in [2.24, 2.45) is 14.1 Å². The number of amides is 2. The molecule has 1 unspecified atom stereocenters. The SMILES string of the molecule is CCOCC(=O)NC1CCCCN(Cc2nn(C)c(=O)n2C)C1=O. The molecule has 0 aliphatic carbocycles. The summed E-state index contributed by atoms with van der Waals surface area (Å²) in [5.41, 5.74) is -0.228. The van der Waals surface area contributed by atoms with Crippen molar-refractivity contribution >= 4 is 11.8 Å². The highest BCUT2D eigenvalue weighted by Gasteiger charge is 2.29. The van der Waals surface area contributed by atoms with E-state index in [-0.39, 0.29) is 30.7 Å². The predicted octanol–water partition coefficient (Wildman–Crippen LogP) is -0.847. The molecule has 1 N–H and O–H groups in total. The van der Waals surface area contributed by atoms with Crippen LogP contribution in [0.4, 0.5) is 0 Å². The average molecular weight is 339 g/mol. The molecule has 0 radical (unpaired) electrons. The van der Waals surface area contributed by atoms with Crippen LogP contribution in [0.1, 0.15) is 32.0 Å². The van der Waals surface area contributed by atoms with E-state index in [1.54, 1.807) is 19.0 Å². The number of carbonyl (C=O) groups excluding carboxylic acids is 2. The van der Waals surface area contributed by atoms with E-state index >= 15 is 0 Å². The summed E-state index contributed by atoms with van der Waals surface area (Å²) in [5.74, 6) is 0.0925. The largest absolute Gasteiger partial charge is 0.372 e. The highest BCUT2D eigenvalue weighted by Crippen LogP contribution is 2.14. The second kappa shape index (κ2) is 8.09. The Morgan fingerprint density at radius 2 is 2.08 bits per heavy atom. The molecule has 9 nitrogen and oxygen atoms in total. The summed E-state index contributed by atoms with van der Waals surface area (Å²) in [5, 5.41) is 6.90. The number of aryl methyl sites for hydroxylation is 1. The molecule has 1 fully saturated rings. The third-order valence-electron chi connectivity index (χ3n) is 4.10. The first kappa shape index (κ1) is 18.2. The fraction of sp³-hybridized carbons (Fsp3) is 0.733. The maximum atomic E-state index is 12.7. The number of rotatable bonds is 6. The topological polar surface area (TPSA) is 98.5 Å². The van der Waals surface area contributed by atoms with Crippen molar-refractivity contribution < 1.29 is 14.3 Å². The molecule has 0 bridgehead atoms. The van der Waals surface area contributed by atoms with Crippen molar-refractivity contribution in [3.05, 3.63) is 16.3 Å². The quantitative estimate of drug-likeness (QED) is 0.728. The van der Waals surface area contributed by atoms with Crippen molar-refractivity contribution in [1.29, 1.82) is 0 Å². The molecule has 9 heteroatoms. The maximum absolute atomic E-state index is 12.7. The van der Waals surface area contributed by atoms with E-state index in [4.69, 9.17) is 4.74 Å². The number of hydrogen-bond donors (Lipinski definition) is 1. The Morgan fingerprint density at radius 1 is 1.33 bits per heavy atom. The van der Waals surface area contributed by atoms with E-state index in [1.807, 2.05) is 6.92 Å². The number of aromatic nitrogens is 3. The minimum absolute atomic E-state index is 0.0466. The van der Waals surface area contributed by atoms with E-state index in [0.29, 0.717) is 25.4 Å². The molecule has 0 aromatic carbocycles. The number of nitrogens with zero attached hydrogens (tertiary/aromatic N) is 4. The second-order valence-corrected chi connectivity index (χ2v) is 5.89. The van der Waals surface area contributed by atoms with Crippen LogP contribution >= 0.6 is 0 Å². The van der Waals surface area contributed by atoms with Crippen LogP contribution in [-0.2, 0) is 35.0 Å². The van der Waals surface area contributed by atoms with Gasteiger partial charge in [-0.2, -0.15) is 5.10 Å². The molecule has 24 heavy (non-hydrogen) atoms. The van der Waals surface area contributed by atoms with Crippen molar-refractivity contribution in [3.8, 4) is 0 Å². The molecule has 1 saturated heterocycles. The Bertz CT molecular complexity index is 651. The van der Waals surface area contributed by atoms with Crippen LogP contribution in [0.5, 0.6) is 0 Å². The summed E-state index contributed by atoms with van der Waals surface area (Å²) in [6.07, 6.45) is 2.31. The van der Waals surface area contributed by atoms with Crippen LogP contribution in [0.3, 0.4) is 0 Å². The fourth-order valence-electron chi connectivity index (χ4n) is 2.75. The van der Waals surface area contributed by atoms with E-state index in [0.717, 1.165) is 12.8 Å². The molecule has 1 aromatic heterocycles. The zero-order valence-electron chi connectivity index (χ0n) is 14.4. The summed E-state index contributed by atoms with van der Waals surface area (Å²) < 4.78 is 7.75. The van der Waals surface area contributed by atoms with Crippen molar-refractivity contribution in [3.63, 3.8) is 0 Å². The van der Waals surface area contributed by atoms with Crippen LogP contribution < -0.4 is 11.0 Å². The molecule has 2 heterocycles. The lowest BCUT2D eigenvalue weighted by atomic mass is 10.1. The molecule has 1 aliphatic rings. The first-order chi connectivity index (χ1) is 11.4. The lowest BCUT2D eigenvalue weighted by Crippen LogP contribution is -2.48. The van der Waals surface area contributed by atoms with E-state index in [2.05, 4.69) is 10.4 Å². The lowest BCUT2D eigenvalue weighted by molar-refractivity contribution is -0.137. The van der Waals surface area contributed by atoms with Gasteiger partial charge in [0.25, 0.3) is 0 Å². The average Bonchev–Trinajstić information content (AvgIpc) is 2.71. The molecule has 134 valence electrons. The van der Waals surface area contributed by atoms with Crippen molar-refractivity contribution in [1.82, 2.24) is 24.6 Å². The van der Waals surface area contributed by atoms with Gasteiger partial charge in [-0.05, 0) is 26.2 Å². The van der Waals surface area contributed by atoms with Crippen LogP contribution in [-0.4, -0.2) is 56.9 Å². The van der Waals surface area contributed by atoms with Gasteiger partial charge in [0.05, 0.1) is 6.54 Å². The van der Waals surface area contributed by atoms with Gasteiger partial charge < -0.3 is 15.0 Å². The number of ether oxygens (including phenoxy) is 1. The third kappa shape index (κ3) is 4.22. The van der Waals surface area contributed by atoms with Crippen LogP contribution in [0.25, 0.3) is 0 Å². The van der Waals surface area contributed by atoms with Gasteiger partial charge in [0.1, 0.15) is 12.6 Å². The number of nitrogens with one attached hydrogen (secondary N) is 1. The molecule has 1 atom stereocenters. The predicted molar refractivity (Wildman–Crippen MR) is 86.1 cm³/mol. The maximum Gasteiger partial charge on any atom is 0.345 e. The molecule has 1 aromatic rings. The standard InChI is InChI=1S/C15H25N5O4/c1-4-24-10-13(21)16-11-7-5-6-8-20(14(11)22)9-12-17-19(3)15(23)18(12)2/h11H,4-10H2,1-3H3,(H,16,21). The van der Waals surface area contributed by atoms with Gasteiger partial charge in [-0.25, -0.2) is 9.48 Å². The Balaban J connectivity index is 2.06. The number of likely N-dealkylation sites (tertiary alicyclic amines) is 1. The normalized spacial score (nSPS) is 18.5. The summed E-state index contributed by atoms with van der Waals surface area (Å²) in [6, 6.07) is -0.554. The number of hydrogen-bond acceptors (Lipinski definition) is 5. The van der Waals surface area contributed by atoms with Crippen LogP contribution in [0.2, 0.25) is 0 Å². The zero-order chi connectivity index (χ0) is 17.7. The highest BCUT2D eigenvalue weighted by atomic mass is 16.5. The Morgan fingerprint density at radius 3 is 2.71 bits per heavy atom. The first-order valence-electron chi connectivity index (χ1n) is 8.18. The van der Waals surface area contributed by atoms with Gasteiger partial charge >= 0.3 is 5.69 Å². The summed E-state index contributed by atoms with van der Waals surface area (Å²) >= 11 is 0. The first-order valence-corrected chi connectivity index (χ1v) is 8.18.